The van der Waals surface area contributed by atoms with Gasteiger partial charge >= 0.3 is 10.2 Å². The van der Waals surface area contributed by atoms with Crippen molar-refractivity contribution in [2.75, 3.05) is 0 Å². The molecule has 0 saturated carbocycles. The van der Waals surface area contributed by atoms with Crippen LogP contribution in [0.3, 0.4) is 0 Å². The van der Waals surface area contributed by atoms with Crippen molar-refractivity contribution in [1.82, 2.24) is 0 Å². The number of halogens is 6. The summed E-state index contributed by atoms with van der Waals surface area (Å²) in [6.45, 7) is 1.32. The van der Waals surface area contributed by atoms with Crippen molar-refractivity contribution in [3.63, 3.8) is 0 Å². The Hall–Kier alpha value is -0.300. The molecule has 0 radical (unpaired) electrons. The summed E-state index contributed by atoms with van der Waals surface area (Å²) >= 11 is 2.74. The van der Waals surface area contributed by atoms with Crippen molar-refractivity contribution in [2.24, 2.45) is 0 Å². The average molecular weight is 297 g/mol. The van der Waals surface area contributed by atoms with Crippen molar-refractivity contribution < 1.29 is 19.4 Å². The minimum Gasteiger partial charge on any atom is -0.0936 e. The number of hydrogen-bond acceptors (Lipinski definition) is 0. The fourth-order valence-corrected chi connectivity index (χ4v) is 2.44. The van der Waals surface area contributed by atoms with Crippen LogP contribution in [-0.2, 0) is 0 Å². The predicted molar refractivity (Wildman–Crippen MR) is 50.3 cm³/mol. The van der Waals surface area contributed by atoms with Gasteiger partial charge in [-0.05, 0) is 30.7 Å². The van der Waals surface area contributed by atoms with E-state index in [0.29, 0.717) is 12.1 Å². The highest BCUT2D eigenvalue weighted by Crippen LogP contribution is 3.02. The summed E-state index contributed by atoms with van der Waals surface area (Å²) in [4.78, 5) is -1.86. The van der Waals surface area contributed by atoms with Crippen LogP contribution < -0.4 is 0 Å². The molecule has 0 unspecified atom stereocenters. The van der Waals surface area contributed by atoms with Gasteiger partial charge in [0.15, 0.2) is 0 Å². The van der Waals surface area contributed by atoms with Crippen LogP contribution in [0.25, 0.3) is 0 Å². The van der Waals surface area contributed by atoms with Crippen molar-refractivity contribution in [2.45, 2.75) is 11.8 Å². The first-order valence-electron chi connectivity index (χ1n) is 3.40. The second-order valence-electron chi connectivity index (χ2n) is 2.93. The predicted octanol–water partition coefficient (Wildman–Crippen LogP) is 5.41. The fourth-order valence-electron chi connectivity index (χ4n) is 0.926. The van der Waals surface area contributed by atoms with E-state index >= 15 is 0 Å². The molecule has 0 spiro atoms. The molecule has 7 heteroatoms. The van der Waals surface area contributed by atoms with Gasteiger partial charge < -0.3 is 0 Å². The molecule has 0 fully saturated rings. The van der Waals surface area contributed by atoms with E-state index in [1.165, 1.54) is 13.0 Å². The Kier molecular flexibility index (Phi) is 2.05. The van der Waals surface area contributed by atoms with E-state index in [4.69, 9.17) is 0 Å². The van der Waals surface area contributed by atoms with Gasteiger partial charge in [-0.15, -0.1) is 0 Å². The maximum Gasteiger partial charge on any atom is 0.310 e. The van der Waals surface area contributed by atoms with Crippen LogP contribution in [-0.4, -0.2) is 0 Å². The SMILES string of the molecule is Cc1cc(Br)cc(S(F)(F)(F)(F)F)c1. The van der Waals surface area contributed by atoms with Crippen molar-refractivity contribution >= 4 is 26.2 Å². The number of rotatable bonds is 1. The highest BCUT2D eigenvalue weighted by atomic mass is 79.9. The molecule has 0 aliphatic rings. The van der Waals surface area contributed by atoms with Gasteiger partial charge in [-0.3, -0.25) is 0 Å². The summed E-state index contributed by atoms with van der Waals surface area (Å²) in [5, 5.41) is 0. The zero-order valence-electron chi connectivity index (χ0n) is 6.91. The Labute approximate surface area is 86.0 Å². The van der Waals surface area contributed by atoms with Gasteiger partial charge in [-0.25, -0.2) is 0 Å². The third kappa shape index (κ3) is 2.84. The van der Waals surface area contributed by atoms with Crippen molar-refractivity contribution in [3.05, 3.63) is 28.2 Å². The molecule has 0 saturated heterocycles. The summed E-state index contributed by atoms with van der Waals surface area (Å²) < 4.78 is 61.4. The molecule has 0 heterocycles. The number of benzene rings is 1. The van der Waals surface area contributed by atoms with Gasteiger partial charge in [-0.1, -0.05) is 35.4 Å². The summed E-state index contributed by atoms with van der Waals surface area (Å²) in [5.74, 6) is 0. The summed E-state index contributed by atoms with van der Waals surface area (Å²) in [6, 6.07) is 2.15. The molecule has 14 heavy (non-hydrogen) atoms. The lowest BCUT2D eigenvalue weighted by atomic mass is 10.2. The van der Waals surface area contributed by atoms with Crippen LogP contribution in [0.15, 0.2) is 27.6 Å². The van der Waals surface area contributed by atoms with Crippen molar-refractivity contribution in [3.8, 4) is 0 Å². The Morgan fingerprint density at radius 2 is 1.50 bits per heavy atom. The Morgan fingerprint density at radius 3 is 1.86 bits per heavy atom. The summed E-state index contributed by atoms with van der Waals surface area (Å²) in [5.41, 5.74) is 0.127. The Balaban J connectivity index is 3.50. The minimum atomic E-state index is -9.53. The number of aryl methyl sites for hydroxylation is 1. The van der Waals surface area contributed by atoms with E-state index in [9.17, 15) is 19.4 Å². The molecule has 0 aliphatic carbocycles. The molecule has 0 bridgehead atoms. The van der Waals surface area contributed by atoms with Crippen molar-refractivity contribution in [1.29, 1.82) is 0 Å². The zero-order chi connectivity index (χ0) is 11.3. The van der Waals surface area contributed by atoms with Crippen LogP contribution in [0.5, 0.6) is 0 Å². The third-order valence-electron chi connectivity index (χ3n) is 1.46. The molecule has 0 atom stereocenters. The molecule has 82 valence electrons. The van der Waals surface area contributed by atoms with Gasteiger partial charge in [0.2, 0.25) is 0 Å². The molecule has 0 amide bonds. The second-order valence-corrected chi connectivity index (χ2v) is 6.26. The molecule has 1 aromatic carbocycles. The average Bonchev–Trinajstić information content (AvgIpc) is 1.78. The summed E-state index contributed by atoms with van der Waals surface area (Å²) in [6.07, 6.45) is 0. The second kappa shape index (κ2) is 2.44. The maximum absolute atomic E-state index is 12.3. The molecule has 0 N–H and O–H groups in total. The van der Waals surface area contributed by atoms with Crippen LogP contribution in [0, 0.1) is 6.92 Å². The Morgan fingerprint density at radius 1 is 1.00 bits per heavy atom. The van der Waals surface area contributed by atoms with Crippen LogP contribution in [0.2, 0.25) is 0 Å². The van der Waals surface area contributed by atoms with E-state index in [1.807, 2.05) is 0 Å². The van der Waals surface area contributed by atoms with Gasteiger partial charge in [0.1, 0.15) is 4.90 Å². The van der Waals surface area contributed by atoms with Crippen LogP contribution in [0.4, 0.5) is 19.4 Å². The lowest BCUT2D eigenvalue weighted by Gasteiger charge is -2.40. The topological polar surface area (TPSA) is 0 Å². The monoisotopic (exact) mass is 296 g/mol. The first-order valence-corrected chi connectivity index (χ1v) is 6.14. The quantitative estimate of drug-likeness (QED) is 0.607. The lowest BCUT2D eigenvalue weighted by molar-refractivity contribution is 0.364. The molecular formula is C7H6BrF5S. The fraction of sp³-hybridized carbons (Fsp3) is 0.143. The van der Waals surface area contributed by atoms with Gasteiger partial charge in [0, 0.05) is 4.47 Å². The molecule has 1 aromatic rings. The van der Waals surface area contributed by atoms with E-state index < -0.39 is 15.1 Å². The van der Waals surface area contributed by atoms with E-state index in [-0.39, 0.29) is 10.0 Å². The first kappa shape index (κ1) is 11.8. The third-order valence-corrected chi connectivity index (χ3v) is 3.05. The minimum absolute atomic E-state index is 0.0132. The van der Waals surface area contributed by atoms with Crippen LogP contribution >= 0.6 is 26.2 Å². The normalized spacial score (nSPS) is 17.4. The van der Waals surface area contributed by atoms with Gasteiger partial charge in [0.25, 0.3) is 0 Å². The molecule has 0 aliphatic heterocycles. The maximum atomic E-state index is 12.3. The number of hydrogen-bond donors (Lipinski definition) is 0. The van der Waals surface area contributed by atoms with E-state index in [2.05, 4.69) is 15.9 Å². The Bertz CT molecular complexity index is 361. The van der Waals surface area contributed by atoms with Gasteiger partial charge in [0.05, 0.1) is 0 Å². The zero-order valence-corrected chi connectivity index (χ0v) is 9.31. The molecular weight excluding hydrogens is 291 g/mol. The smallest absolute Gasteiger partial charge is 0.0936 e. The van der Waals surface area contributed by atoms with Crippen LogP contribution in [0.1, 0.15) is 5.56 Å². The largest absolute Gasteiger partial charge is 0.310 e. The molecule has 0 nitrogen and oxygen atoms in total. The van der Waals surface area contributed by atoms with Gasteiger partial charge in [-0.2, -0.15) is 0 Å². The highest BCUT2D eigenvalue weighted by molar-refractivity contribution is 9.10. The van der Waals surface area contributed by atoms with E-state index in [1.54, 1.807) is 0 Å². The summed E-state index contributed by atoms with van der Waals surface area (Å²) in [7, 11) is -9.53. The molecule has 1 rings (SSSR count). The highest BCUT2D eigenvalue weighted by Gasteiger charge is 2.65. The first-order chi connectivity index (χ1) is 5.88. The standard InChI is InChI=1S/C7H6BrF5S/c1-5-2-6(8)4-7(3-5)14(9,10,11,12)13/h2-4H,1H3. The lowest BCUT2D eigenvalue weighted by Crippen LogP contribution is -2.06. The molecule has 0 aromatic heterocycles. The van der Waals surface area contributed by atoms with E-state index in [0.717, 1.165) is 0 Å².